The molecular weight excluding hydrogens is 272 g/mol. The first-order valence-corrected chi connectivity index (χ1v) is 7.56. The van der Waals surface area contributed by atoms with Crippen LogP contribution in [0.1, 0.15) is 47.5 Å². The van der Waals surface area contributed by atoms with Crippen molar-refractivity contribution in [2.75, 3.05) is 13.2 Å². The number of hydrogen-bond acceptors (Lipinski definition) is 4. The molecule has 3 atom stereocenters. The Balaban J connectivity index is 2.66. The fraction of sp³-hybridized carbons (Fsp3) is 0.867. The summed E-state index contributed by atoms with van der Waals surface area (Å²) in [6, 6.07) is -0.840. The third-order valence-corrected chi connectivity index (χ3v) is 3.83. The standard InChI is InChI=1S/C15H28N2O4/c1-10-7-6-8-17(11(10)2)13(19)12(9-18)16-14(20)21-15(3,4)5/h10-12,18H,6-9H2,1-5H3,(H,16,20). The number of nitrogens with zero attached hydrogens (tertiary/aromatic N) is 1. The molecule has 0 spiro atoms. The van der Waals surface area contributed by atoms with Crippen molar-refractivity contribution in [3.63, 3.8) is 0 Å². The minimum absolute atomic E-state index is 0.112. The van der Waals surface area contributed by atoms with Gasteiger partial charge in [-0.1, -0.05) is 6.92 Å². The molecule has 0 aromatic rings. The maximum atomic E-state index is 12.5. The van der Waals surface area contributed by atoms with E-state index in [1.807, 2.05) is 6.92 Å². The van der Waals surface area contributed by atoms with Crippen molar-refractivity contribution in [1.29, 1.82) is 0 Å². The van der Waals surface area contributed by atoms with Crippen molar-refractivity contribution in [3.05, 3.63) is 0 Å². The fourth-order valence-corrected chi connectivity index (χ4v) is 2.48. The number of piperidine rings is 1. The van der Waals surface area contributed by atoms with Gasteiger partial charge in [0.1, 0.15) is 11.6 Å². The molecule has 1 heterocycles. The van der Waals surface area contributed by atoms with Crippen molar-refractivity contribution >= 4 is 12.0 Å². The second kappa shape index (κ2) is 7.11. The van der Waals surface area contributed by atoms with Gasteiger partial charge in [-0.3, -0.25) is 4.79 Å². The van der Waals surface area contributed by atoms with Crippen LogP contribution < -0.4 is 5.32 Å². The predicted octanol–water partition coefficient (Wildman–Crippen LogP) is 1.52. The van der Waals surface area contributed by atoms with Crippen LogP contribution in [0, 0.1) is 5.92 Å². The largest absolute Gasteiger partial charge is 0.444 e. The van der Waals surface area contributed by atoms with Crippen molar-refractivity contribution in [1.82, 2.24) is 10.2 Å². The Hall–Kier alpha value is -1.30. The molecule has 1 rings (SSSR count). The maximum absolute atomic E-state index is 12.5. The monoisotopic (exact) mass is 300 g/mol. The summed E-state index contributed by atoms with van der Waals surface area (Å²) in [6.45, 7) is 9.58. The van der Waals surface area contributed by atoms with Gasteiger partial charge < -0.3 is 20.1 Å². The molecular formula is C15H28N2O4. The molecule has 122 valence electrons. The number of carbonyl (C=O) groups is 2. The Morgan fingerprint density at radius 1 is 1.38 bits per heavy atom. The number of nitrogens with one attached hydrogen (secondary N) is 1. The van der Waals surface area contributed by atoms with Crippen molar-refractivity contribution in [2.45, 2.75) is 65.1 Å². The van der Waals surface area contributed by atoms with Crippen LogP contribution in [-0.2, 0) is 9.53 Å². The molecule has 1 aliphatic heterocycles. The molecule has 0 aliphatic carbocycles. The zero-order chi connectivity index (χ0) is 16.2. The molecule has 6 nitrogen and oxygen atoms in total. The van der Waals surface area contributed by atoms with E-state index >= 15 is 0 Å². The molecule has 1 saturated heterocycles. The second-order valence-electron chi connectivity index (χ2n) is 6.77. The molecule has 2 amide bonds. The van der Waals surface area contributed by atoms with Crippen molar-refractivity contribution in [3.8, 4) is 0 Å². The number of aliphatic hydroxyl groups is 1. The molecule has 0 radical (unpaired) electrons. The van der Waals surface area contributed by atoms with Gasteiger partial charge in [0.15, 0.2) is 0 Å². The molecule has 0 bridgehead atoms. The summed E-state index contributed by atoms with van der Waals surface area (Å²) in [5, 5.41) is 11.9. The number of alkyl carbamates (subject to hydrolysis) is 1. The molecule has 1 aliphatic rings. The lowest BCUT2D eigenvalue weighted by Crippen LogP contribution is -2.56. The summed E-state index contributed by atoms with van der Waals surface area (Å²) >= 11 is 0. The molecule has 0 aromatic carbocycles. The minimum Gasteiger partial charge on any atom is -0.444 e. The normalized spacial score (nSPS) is 24.4. The van der Waals surface area contributed by atoms with E-state index in [-0.39, 0.29) is 11.9 Å². The van der Waals surface area contributed by atoms with Gasteiger partial charge >= 0.3 is 6.09 Å². The number of hydrogen-bond donors (Lipinski definition) is 2. The van der Waals surface area contributed by atoms with E-state index in [9.17, 15) is 14.7 Å². The van der Waals surface area contributed by atoms with Gasteiger partial charge in [-0.05, 0) is 46.5 Å². The zero-order valence-corrected chi connectivity index (χ0v) is 13.7. The van der Waals surface area contributed by atoms with E-state index < -0.39 is 24.3 Å². The van der Waals surface area contributed by atoms with Crippen LogP contribution >= 0.6 is 0 Å². The molecule has 21 heavy (non-hydrogen) atoms. The lowest BCUT2D eigenvalue weighted by Gasteiger charge is -2.39. The lowest BCUT2D eigenvalue weighted by molar-refractivity contribution is -0.139. The lowest BCUT2D eigenvalue weighted by atomic mass is 9.91. The van der Waals surface area contributed by atoms with Crippen LogP contribution in [0.5, 0.6) is 0 Å². The maximum Gasteiger partial charge on any atom is 0.408 e. The van der Waals surface area contributed by atoms with Crippen molar-refractivity contribution in [2.24, 2.45) is 5.92 Å². The molecule has 6 heteroatoms. The summed E-state index contributed by atoms with van der Waals surface area (Å²) in [5.41, 5.74) is -0.639. The highest BCUT2D eigenvalue weighted by atomic mass is 16.6. The second-order valence-corrected chi connectivity index (χ2v) is 6.77. The van der Waals surface area contributed by atoms with Crippen LogP contribution in [0.4, 0.5) is 4.79 Å². The topological polar surface area (TPSA) is 78.9 Å². The Morgan fingerprint density at radius 3 is 2.52 bits per heavy atom. The number of aliphatic hydroxyl groups excluding tert-OH is 1. The smallest absolute Gasteiger partial charge is 0.408 e. The van der Waals surface area contributed by atoms with Crippen LogP contribution in [0.15, 0.2) is 0 Å². The number of carbonyl (C=O) groups excluding carboxylic acids is 2. The van der Waals surface area contributed by atoms with Gasteiger partial charge in [-0.25, -0.2) is 4.79 Å². The number of amides is 2. The Kier molecular flexibility index (Phi) is 6.01. The van der Waals surface area contributed by atoms with Gasteiger partial charge in [0.25, 0.3) is 0 Å². The molecule has 0 aromatic heterocycles. The van der Waals surface area contributed by atoms with Gasteiger partial charge in [-0.15, -0.1) is 0 Å². The minimum atomic E-state index is -0.951. The van der Waals surface area contributed by atoms with Gasteiger partial charge in [-0.2, -0.15) is 0 Å². The Bertz CT molecular complexity index is 378. The number of ether oxygens (including phenoxy) is 1. The van der Waals surface area contributed by atoms with Crippen LogP contribution in [0.25, 0.3) is 0 Å². The third-order valence-electron chi connectivity index (χ3n) is 3.83. The van der Waals surface area contributed by atoms with E-state index in [4.69, 9.17) is 4.74 Å². The molecule has 1 fully saturated rings. The van der Waals surface area contributed by atoms with Crippen molar-refractivity contribution < 1.29 is 19.4 Å². The number of likely N-dealkylation sites (tertiary alicyclic amines) is 1. The Morgan fingerprint density at radius 2 is 2.00 bits per heavy atom. The highest BCUT2D eigenvalue weighted by molar-refractivity contribution is 5.86. The molecule has 0 saturated carbocycles. The van der Waals surface area contributed by atoms with E-state index in [1.165, 1.54) is 0 Å². The predicted molar refractivity (Wildman–Crippen MR) is 79.8 cm³/mol. The van der Waals surface area contributed by atoms with Gasteiger partial charge in [0.2, 0.25) is 5.91 Å². The molecule has 3 unspecified atom stereocenters. The van der Waals surface area contributed by atoms with E-state index in [2.05, 4.69) is 12.2 Å². The first-order valence-electron chi connectivity index (χ1n) is 7.56. The average Bonchev–Trinajstić information content (AvgIpc) is 2.36. The fourth-order valence-electron chi connectivity index (χ4n) is 2.48. The summed E-state index contributed by atoms with van der Waals surface area (Å²) in [5.74, 6) is 0.172. The SMILES string of the molecule is CC1CCCN(C(=O)C(CO)NC(=O)OC(C)(C)C)C1C. The molecule has 2 N–H and O–H groups in total. The van der Waals surface area contributed by atoms with Crippen LogP contribution in [0.2, 0.25) is 0 Å². The van der Waals surface area contributed by atoms with Gasteiger partial charge in [0.05, 0.1) is 6.61 Å². The third kappa shape index (κ3) is 5.19. The average molecular weight is 300 g/mol. The highest BCUT2D eigenvalue weighted by Gasteiger charge is 2.33. The summed E-state index contributed by atoms with van der Waals surface area (Å²) in [7, 11) is 0. The quantitative estimate of drug-likeness (QED) is 0.828. The van der Waals surface area contributed by atoms with E-state index in [0.29, 0.717) is 12.5 Å². The first kappa shape index (κ1) is 17.8. The van der Waals surface area contributed by atoms with E-state index in [0.717, 1.165) is 12.8 Å². The number of rotatable bonds is 3. The first-order chi connectivity index (χ1) is 9.65. The van der Waals surface area contributed by atoms with Crippen LogP contribution in [-0.4, -0.2) is 52.8 Å². The van der Waals surface area contributed by atoms with Crippen LogP contribution in [0.3, 0.4) is 0 Å². The van der Waals surface area contributed by atoms with Gasteiger partial charge in [0, 0.05) is 12.6 Å². The highest BCUT2D eigenvalue weighted by Crippen LogP contribution is 2.23. The van der Waals surface area contributed by atoms with E-state index in [1.54, 1.807) is 25.7 Å². The Labute approximate surface area is 126 Å². The zero-order valence-electron chi connectivity index (χ0n) is 13.7. The summed E-state index contributed by atoms with van der Waals surface area (Å²) < 4.78 is 5.12. The summed E-state index contributed by atoms with van der Waals surface area (Å²) in [4.78, 5) is 26.0. The summed E-state index contributed by atoms with van der Waals surface area (Å²) in [6.07, 6.45) is 1.35.